The fourth-order valence-electron chi connectivity index (χ4n) is 1.92. The third-order valence-corrected chi connectivity index (χ3v) is 2.99. The van der Waals surface area contributed by atoms with E-state index in [0.717, 1.165) is 6.07 Å². The van der Waals surface area contributed by atoms with Crippen LogP contribution < -0.4 is 10.6 Å². The van der Waals surface area contributed by atoms with E-state index in [1.807, 2.05) is 6.92 Å². The smallest absolute Gasteiger partial charge is 0.399 e. The summed E-state index contributed by atoms with van der Waals surface area (Å²) in [4.78, 5) is 14.6. The van der Waals surface area contributed by atoms with Crippen LogP contribution in [0.4, 0.5) is 24.5 Å². The summed E-state index contributed by atoms with van der Waals surface area (Å²) in [7, 11) is 3.14. The number of amides is 1. The average molecular weight is 303 g/mol. The lowest BCUT2D eigenvalue weighted by atomic mass is 10.1. The number of alkyl halides is 3. The van der Waals surface area contributed by atoms with Crippen LogP contribution in [-0.2, 0) is 11.0 Å². The highest BCUT2D eigenvalue weighted by Crippen LogP contribution is 2.37. The van der Waals surface area contributed by atoms with Crippen molar-refractivity contribution in [2.45, 2.75) is 19.5 Å². The Hall–Kier alpha value is -1.92. The van der Waals surface area contributed by atoms with E-state index in [1.54, 1.807) is 14.1 Å². The number of hydrogen-bond donors (Lipinski definition) is 1. The fraction of sp³-hybridized carbons (Fsp3) is 0.500. The van der Waals surface area contributed by atoms with Crippen LogP contribution in [0.2, 0.25) is 0 Å². The van der Waals surface area contributed by atoms with Crippen LogP contribution >= 0.6 is 0 Å². The number of nitrogens with zero attached hydrogens (tertiary/aromatic N) is 2. The first-order valence-electron chi connectivity index (χ1n) is 6.58. The van der Waals surface area contributed by atoms with Gasteiger partial charge in [0.25, 0.3) is 0 Å². The topological polar surface area (TPSA) is 49.6 Å². The molecule has 0 aliphatic heterocycles. The third kappa shape index (κ3) is 4.54. The predicted molar refractivity (Wildman–Crippen MR) is 77.1 cm³/mol. The van der Waals surface area contributed by atoms with Gasteiger partial charge in [0.05, 0.1) is 12.1 Å². The largest absolute Gasteiger partial charge is 0.418 e. The van der Waals surface area contributed by atoms with Crippen molar-refractivity contribution in [3.8, 4) is 0 Å². The number of carbonyl (C=O) groups is 1. The summed E-state index contributed by atoms with van der Waals surface area (Å²) in [5.74, 6) is -0.256. The molecule has 0 unspecified atom stereocenters. The molecule has 0 fully saturated rings. The van der Waals surface area contributed by atoms with Crippen molar-refractivity contribution < 1.29 is 18.0 Å². The molecule has 21 heavy (non-hydrogen) atoms. The normalized spacial score (nSPS) is 11.3. The molecular weight excluding hydrogens is 283 g/mol. The summed E-state index contributed by atoms with van der Waals surface area (Å²) < 4.78 is 39.4. The van der Waals surface area contributed by atoms with Gasteiger partial charge in [-0.2, -0.15) is 13.2 Å². The lowest BCUT2D eigenvalue weighted by molar-refractivity contribution is -0.137. The first-order valence-corrected chi connectivity index (χ1v) is 6.58. The van der Waals surface area contributed by atoms with E-state index in [9.17, 15) is 18.0 Å². The molecule has 0 atom stereocenters. The number of anilines is 2. The van der Waals surface area contributed by atoms with E-state index in [2.05, 4.69) is 0 Å². The predicted octanol–water partition coefficient (Wildman–Crippen LogP) is 2.59. The number of carbonyl (C=O) groups excluding carboxylic acids is 1. The van der Waals surface area contributed by atoms with Crippen LogP contribution in [0, 0.1) is 0 Å². The number of likely N-dealkylation sites (N-methyl/N-ethyl adjacent to an activating group) is 1. The van der Waals surface area contributed by atoms with Crippen LogP contribution in [-0.4, -0.2) is 38.0 Å². The molecular formula is C14H20F3N3O. The summed E-state index contributed by atoms with van der Waals surface area (Å²) in [6.07, 6.45) is -3.89. The third-order valence-electron chi connectivity index (χ3n) is 2.99. The molecule has 2 N–H and O–H groups in total. The summed E-state index contributed by atoms with van der Waals surface area (Å²) in [5, 5.41) is 0. The standard InChI is InChI=1S/C14H20F3N3O/c1-4-7-20(9-13(21)19(2)3)12-6-5-10(18)8-11(12)14(15,16)17/h5-6,8H,4,7,9,18H2,1-3H3. The van der Waals surface area contributed by atoms with Gasteiger partial charge in [-0.25, -0.2) is 0 Å². The minimum absolute atomic E-state index is 0.0197. The van der Waals surface area contributed by atoms with Gasteiger partial charge in [0.2, 0.25) is 5.91 Å². The number of nitrogens with two attached hydrogens (primary N) is 1. The highest BCUT2D eigenvalue weighted by molar-refractivity contribution is 5.81. The van der Waals surface area contributed by atoms with Gasteiger partial charge in [-0.1, -0.05) is 6.92 Å². The Bertz CT molecular complexity index is 501. The van der Waals surface area contributed by atoms with Gasteiger partial charge in [0, 0.05) is 32.0 Å². The van der Waals surface area contributed by atoms with Crippen molar-refractivity contribution in [2.24, 2.45) is 0 Å². The molecule has 0 bridgehead atoms. The lowest BCUT2D eigenvalue weighted by Gasteiger charge is -2.28. The van der Waals surface area contributed by atoms with Crippen LogP contribution in [0.5, 0.6) is 0 Å². The molecule has 0 aliphatic rings. The van der Waals surface area contributed by atoms with Gasteiger partial charge in [-0.3, -0.25) is 4.79 Å². The molecule has 1 aromatic rings. The molecule has 1 rings (SSSR count). The van der Waals surface area contributed by atoms with E-state index >= 15 is 0 Å². The maximum atomic E-state index is 13.1. The fourth-order valence-corrected chi connectivity index (χ4v) is 1.92. The molecule has 0 aromatic heterocycles. The molecule has 0 aliphatic carbocycles. The Balaban J connectivity index is 3.22. The Morgan fingerprint density at radius 3 is 2.38 bits per heavy atom. The molecule has 0 saturated carbocycles. The Labute approximate surface area is 122 Å². The number of halogens is 3. The first-order chi connectivity index (χ1) is 9.66. The first kappa shape index (κ1) is 17.1. The molecule has 4 nitrogen and oxygen atoms in total. The van der Waals surface area contributed by atoms with E-state index in [-0.39, 0.29) is 23.8 Å². The second-order valence-corrected chi connectivity index (χ2v) is 4.98. The van der Waals surface area contributed by atoms with Gasteiger partial charge >= 0.3 is 6.18 Å². The van der Waals surface area contributed by atoms with Gasteiger partial charge in [-0.15, -0.1) is 0 Å². The minimum Gasteiger partial charge on any atom is -0.399 e. The quantitative estimate of drug-likeness (QED) is 0.851. The van der Waals surface area contributed by atoms with Crippen molar-refractivity contribution in [3.05, 3.63) is 23.8 Å². The van der Waals surface area contributed by atoms with Crippen molar-refractivity contribution in [1.82, 2.24) is 4.90 Å². The summed E-state index contributed by atoms with van der Waals surface area (Å²) in [5.41, 5.74) is 4.66. The Kier molecular flexibility index (Phi) is 5.46. The molecule has 0 spiro atoms. The van der Waals surface area contributed by atoms with Crippen molar-refractivity contribution >= 4 is 17.3 Å². The maximum absolute atomic E-state index is 13.1. The molecule has 7 heteroatoms. The van der Waals surface area contributed by atoms with Gasteiger partial charge in [-0.05, 0) is 24.6 Å². The highest BCUT2D eigenvalue weighted by atomic mass is 19.4. The zero-order valence-corrected chi connectivity index (χ0v) is 12.4. The summed E-state index contributed by atoms with van der Waals surface area (Å²) >= 11 is 0. The van der Waals surface area contributed by atoms with E-state index in [1.165, 1.54) is 21.9 Å². The summed E-state index contributed by atoms with van der Waals surface area (Å²) in [6, 6.07) is 3.63. The Morgan fingerprint density at radius 2 is 1.90 bits per heavy atom. The zero-order valence-electron chi connectivity index (χ0n) is 12.4. The number of benzene rings is 1. The second kappa shape index (κ2) is 6.69. The summed E-state index contributed by atoms with van der Waals surface area (Å²) in [6.45, 7) is 2.10. The number of rotatable bonds is 5. The molecule has 0 radical (unpaired) electrons. The van der Waals surface area contributed by atoms with Gasteiger partial charge < -0.3 is 15.5 Å². The van der Waals surface area contributed by atoms with E-state index in [0.29, 0.717) is 13.0 Å². The van der Waals surface area contributed by atoms with Gasteiger partial charge in [0.15, 0.2) is 0 Å². The van der Waals surface area contributed by atoms with Crippen LogP contribution in [0.1, 0.15) is 18.9 Å². The average Bonchev–Trinajstić information content (AvgIpc) is 2.37. The van der Waals surface area contributed by atoms with Crippen molar-refractivity contribution in [1.29, 1.82) is 0 Å². The number of hydrogen-bond acceptors (Lipinski definition) is 3. The highest BCUT2D eigenvalue weighted by Gasteiger charge is 2.35. The van der Waals surface area contributed by atoms with Crippen LogP contribution in [0.3, 0.4) is 0 Å². The van der Waals surface area contributed by atoms with E-state index < -0.39 is 11.7 Å². The van der Waals surface area contributed by atoms with Crippen LogP contribution in [0.15, 0.2) is 18.2 Å². The monoisotopic (exact) mass is 303 g/mol. The minimum atomic E-state index is -4.52. The van der Waals surface area contributed by atoms with E-state index in [4.69, 9.17) is 5.73 Å². The SMILES string of the molecule is CCCN(CC(=O)N(C)C)c1ccc(N)cc1C(F)(F)F. The molecule has 1 amide bonds. The Morgan fingerprint density at radius 1 is 1.29 bits per heavy atom. The zero-order chi connectivity index (χ0) is 16.2. The molecule has 1 aromatic carbocycles. The van der Waals surface area contributed by atoms with Crippen molar-refractivity contribution in [3.63, 3.8) is 0 Å². The second-order valence-electron chi connectivity index (χ2n) is 4.98. The number of nitrogen functional groups attached to an aromatic ring is 1. The maximum Gasteiger partial charge on any atom is 0.418 e. The molecule has 0 heterocycles. The lowest BCUT2D eigenvalue weighted by Crippen LogP contribution is -2.38. The molecule has 118 valence electrons. The van der Waals surface area contributed by atoms with Crippen molar-refractivity contribution in [2.75, 3.05) is 37.8 Å². The van der Waals surface area contributed by atoms with Crippen LogP contribution in [0.25, 0.3) is 0 Å². The molecule has 0 saturated heterocycles. The van der Waals surface area contributed by atoms with Gasteiger partial charge in [0.1, 0.15) is 0 Å².